The van der Waals surface area contributed by atoms with Gasteiger partial charge in [-0.2, -0.15) is 0 Å². The van der Waals surface area contributed by atoms with E-state index in [1.807, 2.05) is 12.1 Å². The van der Waals surface area contributed by atoms with Crippen LogP contribution in [0.1, 0.15) is 25.7 Å². The van der Waals surface area contributed by atoms with Gasteiger partial charge in [0, 0.05) is 31.2 Å². The topological polar surface area (TPSA) is 80.1 Å². The number of piperidine rings is 1. The van der Waals surface area contributed by atoms with E-state index in [0.29, 0.717) is 11.6 Å². The molecule has 6 nitrogen and oxygen atoms in total. The lowest BCUT2D eigenvalue weighted by Gasteiger charge is -2.32. The number of nitrogens with one attached hydrogen (secondary N) is 1. The number of anilines is 1. The minimum absolute atomic E-state index is 0.201. The Morgan fingerprint density at radius 2 is 2.04 bits per heavy atom. The Kier molecular flexibility index (Phi) is 3.52. The van der Waals surface area contributed by atoms with E-state index in [4.69, 9.17) is 10.5 Å². The number of likely N-dealkylation sites (tertiary alicyclic amines) is 1. The maximum absolute atomic E-state index is 6.37. The molecule has 0 amide bonds. The molecule has 1 saturated carbocycles. The number of nitrogens with two attached hydrogens (primary N) is 1. The molecule has 1 aliphatic carbocycles. The van der Waals surface area contributed by atoms with Gasteiger partial charge in [0.15, 0.2) is 11.6 Å². The van der Waals surface area contributed by atoms with Gasteiger partial charge in [-0.15, -0.1) is 0 Å². The molecule has 5 rings (SSSR count). The predicted molar refractivity (Wildman–Crippen MR) is 98.6 cm³/mol. The van der Waals surface area contributed by atoms with Crippen LogP contribution < -0.4 is 10.5 Å². The van der Waals surface area contributed by atoms with Crippen LogP contribution in [-0.4, -0.2) is 45.6 Å². The summed E-state index contributed by atoms with van der Waals surface area (Å²) in [6.07, 6.45) is 8.66. The summed E-state index contributed by atoms with van der Waals surface area (Å²) in [6.45, 7) is 3.49. The molecule has 1 saturated heterocycles. The lowest BCUT2D eigenvalue weighted by atomic mass is 10.1. The molecule has 3 N–H and O–H groups in total. The Balaban J connectivity index is 1.41. The third-order valence-electron chi connectivity index (χ3n) is 5.42. The molecule has 0 radical (unpaired) electrons. The van der Waals surface area contributed by atoms with Gasteiger partial charge in [-0.1, -0.05) is 0 Å². The first kappa shape index (κ1) is 15.0. The van der Waals surface area contributed by atoms with E-state index in [1.165, 1.54) is 19.4 Å². The van der Waals surface area contributed by atoms with Crippen LogP contribution in [0.3, 0.4) is 0 Å². The molecular weight excluding hydrogens is 314 g/mol. The third kappa shape index (κ3) is 2.80. The average molecular weight is 337 g/mol. The Labute approximate surface area is 146 Å². The first-order chi connectivity index (χ1) is 12.3. The highest BCUT2D eigenvalue weighted by Crippen LogP contribution is 2.37. The number of nitrogens with zero attached hydrogens (tertiary/aromatic N) is 3. The first-order valence-electron chi connectivity index (χ1n) is 9.18. The number of rotatable bonds is 4. The molecule has 0 aromatic carbocycles. The van der Waals surface area contributed by atoms with Crippen molar-refractivity contribution in [1.82, 2.24) is 19.9 Å². The largest absolute Gasteiger partial charge is 0.486 e. The highest BCUT2D eigenvalue weighted by molar-refractivity contribution is 6.10. The molecule has 0 unspecified atom stereocenters. The van der Waals surface area contributed by atoms with Crippen molar-refractivity contribution in [3.63, 3.8) is 0 Å². The molecule has 2 fully saturated rings. The molecule has 6 heteroatoms. The predicted octanol–water partition coefficient (Wildman–Crippen LogP) is 2.95. The molecule has 1 aliphatic heterocycles. The fourth-order valence-corrected chi connectivity index (χ4v) is 3.87. The second-order valence-electron chi connectivity index (χ2n) is 7.35. The van der Waals surface area contributed by atoms with E-state index < -0.39 is 0 Å². The summed E-state index contributed by atoms with van der Waals surface area (Å²) in [7, 11) is 0. The normalized spacial score (nSPS) is 19.7. The molecule has 3 aromatic heterocycles. The molecule has 0 bridgehead atoms. The highest BCUT2D eigenvalue weighted by Gasteiger charge is 2.28. The van der Waals surface area contributed by atoms with Crippen molar-refractivity contribution < 1.29 is 4.74 Å². The van der Waals surface area contributed by atoms with Crippen LogP contribution in [0, 0.1) is 5.92 Å². The molecule has 130 valence electrons. The van der Waals surface area contributed by atoms with E-state index in [2.05, 4.69) is 19.9 Å². The number of H-pyrrole nitrogens is 1. The molecule has 4 heterocycles. The SMILES string of the molecule is Nc1ncc2[nH]c3ncccc3c2c1OC1CCN(CC2CC2)CC1. The lowest BCUT2D eigenvalue weighted by Crippen LogP contribution is -2.39. The maximum Gasteiger partial charge on any atom is 0.171 e. The van der Waals surface area contributed by atoms with E-state index in [-0.39, 0.29) is 6.10 Å². The number of nitrogen functional groups attached to an aromatic ring is 1. The number of aromatic nitrogens is 3. The molecule has 0 atom stereocenters. The van der Waals surface area contributed by atoms with Gasteiger partial charge in [0.2, 0.25) is 0 Å². The summed E-state index contributed by atoms with van der Waals surface area (Å²) in [5, 5.41) is 2.03. The summed E-state index contributed by atoms with van der Waals surface area (Å²) < 4.78 is 6.37. The van der Waals surface area contributed by atoms with Gasteiger partial charge >= 0.3 is 0 Å². The van der Waals surface area contributed by atoms with Gasteiger partial charge in [-0.25, -0.2) is 9.97 Å². The summed E-state index contributed by atoms with van der Waals surface area (Å²) in [5.41, 5.74) is 7.94. The zero-order chi connectivity index (χ0) is 16.8. The van der Waals surface area contributed by atoms with Crippen molar-refractivity contribution in [3.05, 3.63) is 24.5 Å². The quantitative estimate of drug-likeness (QED) is 0.765. The van der Waals surface area contributed by atoms with Crippen molar-refractivity contribution in [3.8, 4) is 5.75 Å². The van der Waals surface area contributed by atoms with Crippen LogP contribution in [0.2, 0.25) is 0 Å². The average Bonchev–Trinajstić information content (AvgIpc) is 3.36. The minimum Gasteiger partial charge on any atom is -0.486 e. The summed E-state index contributed by atoms with van der Waals surface area (Å²) in [6, 6.07) is 3.98. The second kappa shape index (κ2) is 5.88. The molecule has 2 aliphatic rings. The van der Waals surface area contributed by atoms with E-state index in [0.717, 1.165) is 53.8 Å². The van der Waals surface area contributed by atoms with Gasteiger partial charge in [-0.3, -0.25) is 0 Å². The van der Waals surface area contributed by atoms with Crippen molar-refractivity contribution in [1.29, 1.82) is 0 Å². The third-order valence-corrected chi connectivity index (χ3v) is 5.42. The van der Waals surface area contributed by atoms with Crippen LogP contribution in [0.5, 0.6) is 5.75 Å². The second-order valence-corrected chi connectivity index (χ2v) is 7.35. The smallest absolute Gasteiger partial charge is 0.171 e. The van der Waals surface area contributed by atoms with Crippen molar-refractivity contribution in [2.75, 3.05) is 25.4 Å². The number of ether oxygens (including phenoxy) is 1. The van der Waals surface area contributed by atoms with Crippen LogP contribution in [0.15, 0.2) is 24.5 Å². The van der Waals surface area contributed by atoms with Crippen molar-refractivity contribution in [2.24, 2.45) is 5.92 Å². The number of hydrogen-bond acceptors (Lipinski definition) is 5. The Bertz CT molecular complexity index is 909. The lowest BCUT2D eigenvalue weighted by molar-refractivity contribution is 0.0996. The van der Waals surface area contributed by atoms with Crippen molar-refractivity contribution >= 4 is 27.8 Å². The van der Waals surface area contributed by atoms with E-state index in [1.54, 1.807) is 12.4 Å². The first-order valence-corrected chi connectivity index (χ1v) is 9.18. The Morgan fingerprint density at radius 1 is 1.20 bits per heavy atom. The maximum atomic E-state index is 6.37. The molecule has 3 aromatic rings. The Hall–Kier alpha value is -2.34. The van der Waals surface area contributed by atoms with Crippen LogP contribution in [0.4, 0.5) is 5.82 Å². The number of hydrogen-bond donors (Lipinski definition) is 2. The number of aromatic amines is 1. The standard InChI is InChI=1S/C19H23N5O/c20-18-17(25-13-5-8-24(9-6-13)11-12-3-4-12)16-14-2-1-7-21-19(14)23-15(16)10-22-18/h1-2,7,10,12-13H,3-6,8-9,11H2,(H2,20,22)(H,21,23). The summed E-state index contributed by atoms with van der Waals surface area (Å²) >= 11 is 0. The molecular formula is C19H23N5O. The van der Waals surface area contributed by atoms with Crippen LogP contribution in [-0.2, 0) is 0 Å². The fourth-order valence-electron chi connectivity index (χ4n) is 3.87. The van der Waals surface area contributed by atoms with Gasteiger partial charge in [0.1, 0.15) is 11.8 Å². The van der Waals surface area contributed by atoms with Crippen molar-refractivity contribution in [2.45, 2.75) is 31.8 Å². The Morgan fingerprint density at radius 3 is 2.84 bits per heavy atom. The van der Waals surface area contributed by atoms with E-state index in [9.17, 15) is 0 Å². The van der Waals surface area contributed by atoms with E-state index >= 15 is 0 Å². The minimum atomic E-state index is 0.201. The highest BCUT2D eigenvalue weighted by atomic mass is 16.5. The van der Waals surface area contributed by atoms with Gasteiger partial charge in [0.25, 0.3) is 0 Å². The van der Waals surface area contributed by atoms with Gasteiger partial charge in [0.05, 0.1) is 17.1 Å². The fraction of sp³-hybridized carbons (Fsp3) is 0.474. The zero-order valence-corrected chi connectivity index (χ0v) is 14.2. The molecule has 0 spiro atoms. The van der Waals surface area contributed by atoms with Crippen LogP contribution in [0.25, 0.3) is 21.9 Å². The summed E-state index contributed by atoms with van der Waals surface area (Å²) in [4.78, 5) is 14.6. The number of pyridine rings is 2. The number of fused-ring (bicyclic) bond motifs is 3. The molecule has 25 heavy (non-hydrogen) atoms. The zero-order valence-electron chi connectivity index (χ0n) is 14.2. The monoisotopic (exact) mass is 337 g/mol. The van der Waals surface area contributed by atoms with Gasteiger partial charge < -0.3 is 20.4 Å². The van der Waals surface area contributed by atoms with Crippen LogP contribution >= 0.6 is 0 Å². The summed E-state index contributed by atoms with van der Waals surface area (Å²) in [5.74, 6) is 2.11. The van der Waals surface area contributed by atoms with Gasteiger partial charge in [-0.05, 0) is 43.7 Å².